The van der Waals surface area contributed by atoms with Crippen molar-refractivity contribution >= 4 is 86.0 Å². The Morgan fingerprint density at radius 1 is 0.328 bits per heavy atom. The van der Waals surface area contributed by atoms with Crippen LogP contribution in [-0.4, -0.2) is 19.5 Å². The van der Waals surface area contributed by atoms with Crippen LogP contribution in [-0.2, 0) is 0 Å². The number of aromatic nitrogens is 4. The van der Waals surface area contributed by atoms with Crippen LogP contribution in [0.4, 0.5) is 0 Å². The number of hydrogen-bond acceptors (Lipinski definition) is 5. The standard InChI is InChI=1S/C61H36N4OS/c1-4-15-37(16-5-1)40-29-32-50-49(33-40)57-46-23-11-10-21-43(46)48(38-17-6-2-7-18-38)36-52(57)65(50)51-24-14-26-55-58(51)47-31-28-42(35-56(47)67-55)61-63-59(39-19-8-3-9-20-39)62-60(64-61)41-27-30-45-44-22-12-13-25-53(44)66-54(45)34-41/h1-36H. The summed E-state index contributed by atoms with van der Waals surface area (Å²) in [5, 5.41) is 9.52. The summed E-state index contributed by atoms with van der Waals surface area (Å²) in [6, 6.07) is 77.7. The maximum Gasteiger partial charge on any atom is 0.164 e. The summed E-state index contributed by atoms with van der Waals surface area (Å²) in [4.78, 5) is 15.3. The van der Waals surface area contributed by atoms with E-state index in [-0.39, 0.29) is 0 Å². The Balaban J connectivity index is 0.978. The molecule has 0 N–H and O–H groups in total. The van der Waals surface area contributed by atoms with Gasteiger partial charge in [0.15, 0.2) is 17.5 Å². The number of benzene rings is 10. The molecule has 14 rings (SSSR count). The van der Waals surface area contributed by atoms with Crippen molar-refractivity contribution in [2.45, 2.75) is 0 Å². The highest BCUT2D eigenvalue weighted by Crippen LogP contribution is 2.46. The highest BCUT2D eigenvalue weighted by Gasteiger charge is 2.22. The molecule has 0 aliphatic heterocycles. The third kappa shape index (κ3) is 6.04. The first kappa shape index (κ1) is 37.6. The van der Waals surface area contributed by atoms with Gasteiger partial charge in [-0.25, -0.2) is 15.0 Å². The van der Waals surface area contributed by atoms with Crippen molar-refractivity contribution in [3.63, 3.8) is 0 Å². The average molecular weight is 873 g/mol. The van der Waals surface area contributed by atoms with Crippen molar-refractivity contribution in [3.8, 4) is 62.1 Å². The van der Waals surface area contributed by atoms with Crippen LogP contribution in [0.1, 0.15) is 0 Å². The van der Waals surface area contributed by atoms with E-state index in [9.17, 15) is 0 Å². The predicted molar refractivity (Wildman–Crippen MR) is 279 cm³/mol. The summed E-state index contributed by atoms with van der Waals surface area (Å²) in [6.07, 6.45) is 0. The van der Waals surface area contributed by atoms with Crippen LogP contribution in [0, 0.1) is 0 Å². The molecule has 4 heterocycles. The molecule has 0 saturated heterocycles. The van der Waals surface area contributed by atoms with E-state index in [0.29, 0.717) is 17.5 Å². The van der Waals surface area contributed by atoms with Gasteiger partial charge >= 0.3 is 0 Å². The Kier molecular flexibility index (Phi) is 8.38. The fraction of sp³-hybridized carbons (Fsp3) is 0. The molecule has 0 aliphatic rings. The molecule has 5 nitrogen and oxygen atoms in total. The maximum atomic E-state index is 6.30. The van der Waals surface area contributed by atoms with E-state index in [1.54, 1.807) is 11.3 Å². The van der Waals surface area contributed by atoms with E-state index in [4.69, 9.17) is 19.4 Å². The van der Waals surface area contributed by atoms with Crippen LogP contribution in [0.25, 0.3) is 137 Å². The normalized spacial score (nSPS) is 11.9. The smallest absolute Gasteiger partial charge is 0.164 e. The summed E-state index contributed by atoms with van der Waals surface area (Å²) >= 11 is 1.80. The van der Waals surface area contributed by atoms with Crippen LogP contribution in [0.5, 0.6) is 0 Å². The van der Waals surface area contributed by atoms with E-state index in [1.165, 1.54) is 70.3 Å². The van der Waals surface area contributed by atoms with E-state index in [2.05, 4.69) is 168 Å². The number of thiophene rings is 1. The third-order valence-corrected chi connectivity index (χ3v) is 14.4. The lowest BCUT2D eigenvalue weighted by molar-refractivity contribution is 0.669. The van der Waals surface area contributed by atoms with Gasteiger partial charge in [-0.2, -0.15) is 0 Å². The molecule has 6 heteroatoms. The number of rotatable bonds is 6. The Hall–Kier alpha value is -8.71. The Labute approximate surface area is 388 Å². The van der Waals surface area contributed by atoms with Crippen molar-refractivity contribution in [1.82, 2.24) is 19.5 Å². The second-order valence-electron chi connectivity index (χ2n) is 17.1. The van der Waals surface area contributed by atoms with Gasteiger partial charge in [0.05, 0.1) is 16.7 Å². The van der Waals surface area contributed by atoms with Gasteiger partial charge in [-0.05, 0) is 87.6 Å². The van der Waals surface area contributed by atoms with E-state index >= 15 is 0 Å². The number of para-hydroxylation sites is 1. The lowest BCUT2D eigenvalue weighted by Gasteiger charge is -2.13. The molecule has 0 atom stereocenters. The van der Waals surface area contributed by atoms with Crippen LogP contribution >= 0.6 is 11.3 Å². The first-order valence-electron chi connectivity index (χ1n) is 22.5. The molecule has 0 bridgehead atoms. The lowest BCUT2D eigenvalue weighted by Crippen LogP contribution is -2.00. The molecule has 0 fully saturated rings. The molecule has 0 unspecified atom stereocenters. The summed E-state index contributed by atoms with van der Waals surface area (Å²) in [5.74, 6) is 1.83. The SMILES string of the molecule is c1ccc(-c2ccc3c(c2)c2c4ccccc4c(-c4ccccc4)cc2n3-c2cccc3sc4cc(-c5nc(-c6ccccc6)nc(-c6ccc7c(c6)oc6ccccc67)n5)ccc4c23)cc1. The fourth-order valence-corrected chi connectivity index (χ4v) is 11.3. The lowest BCUT2D eigenvalue weighted by atomic mass is 9.94. The summed E-state index contributed by atoms with van der Waals surface area (Å²) in [6.45, 7) is 0. The molecule has 312 valence electrons. The van der Waals surface area contributed by atoms with Gasteiger partial charge in [-0.3, -0.25) is 0 Å². The molecule has 0 aliphatic carbocycles. The van der Waals surface area contributed by atoms with Crippen molar-refractivity contribution in [1.29, 1.82) is 0 Å². The van der Waals surface area contributed by atoms with E-state index < -0.39 is 0 Å². The molecular formula is C61H36N4OS. The van der Waals surface area contributed by atoms with E-state index in [0.717, 1.165) is 49.0 Å². The van der Waals surface area contributed by atoms with Gasteiger partial charge in [-0.1, -0.05) is 164 Å². The summed E-state index contributed by atoms with van der Waals surface area (Å²) in [5.41, 5.74) is 12.7. The van der Waals surface area contributed by atoms with Gasteiger partial charge in [0.1, 0.15) is 11.2 Å². The maximum absolute atomic E-state index is 6.30. The zero-order valence-corrected chi connectivity index (χ0v) is 36.7. The van der Waals surface area contributed by atoms with Gasteiger partial charge in [0.2, 0.25) is 0 Å². The monoisotopic (exact) mass is 872 g/mol. The molecule has 67 heavy (non-hydrogen) atoms. The molecular weight excluding hydrogens is 837 g/mol. The number of furan rings is 1. The summed E-state index contributed by atoms with van der Waals surface area (Å²) < 4.78 is 11.2. The first-order chi connectivity index (χ1) is 33.2. The molecule has 10 aromatic carbocycles. The molecule has 0 saturated carbocycles. The van der Waals surface area contributed by atoms with Crippen molar-refractivity contribution < 1.29 is 4.42 Å². The largest absolute Gasteiger partial charge is 0.456 e. The van der Waals surface area contributed by atoms with Gasteiger partial charge < -0.3 is 8.98 Å². The highest BCUT2D eigenvalue weighted by molar-refractivity contribution is 7.26. The minimum Gasteiger partial charge on any atom is -0.456 e. The minimum absolute atomic E-state index is 0.592. The average Bonchev–Trinajstić information content (AvgIpc) is 4.08. The topological polar surface area (TPSA) is 56.7 Å². The van der Waals surface area contributed by atoms with Crippen LogP contribution in [0.15, 0.2) is 223 Å². The van der Waals surface area contributed by atoms with Gasteiger partial charge in [-0.15, -0.1) is 11.3 Å². The minimum atomic E-state index is 0.592. The predicted octanol–water partition coefficient (Wildman–Crippen LogP) is 16.7. The second kappa shape index (κ2) is 14.9. The highest BCUT2D eigenvalue weighted by atomic mass is 32.1. The van der Waals surface area contributed by atoms with Crippen LogP contribution in [0.2, 0.25) is 0 Å². The molecule has 0 radical (unpaired) electrons. The zero-order valence-electron chi connectivity index (χ0n) is 35.9. The number of fused-ring (bicyclic) bond motifs is 11. The summed E-state index contributed by atoms with van der Waals surface area (Å²) in [7, 11) is 0. The molecule has 4 aromatic heterocycles. The Morgan fingerprint density at radius 2 is 0.925 bits per heavy atom. The van der Waals surface area contributed by atoms with Crippen molar-refractivity contribution in [2.24, 2.45) is 0 Å². The third-order valence-electron chi connectivity index (χ3n) is 13.2. The Bertz CT molecular complexity index is 4270. The molecule has 0 amide bonds. The van der Waals surface area contributed by atoms with Gasteiger partial charge in [0.25, 0.3) is 0 Å². The molecule has 0 spiro atoms. The van der Waals surface area contributed by atoms with Crippen molar-refractivity contribution in [2.75, 3.05) is 0 Å². The molecule has 14 aromatic rings. The fourth-order valence-electron chi connectivity index (χ4n) is 10.2. The van der Waals surface area contributed by atoms with Crippen molar-refractivity contribution in [3.05, 3.63) is 218 Å². The second-order valence-corrected chi connectivity index (χ2v) is 18.2. The van der Waals surface area contributed by atoms with E-state index in [1.807, 2.05) is 54.6 Å². The van der Waals surface area contributed by atoms with Crippen LogP contribution < -0.4 is 0 Å². The first-order valence-corrected chi connectivity index (χ1v) is 23.3. The quantitative estimate of drug-likeness (QED) is 0.167. The number of nitrogens with zero attached hydrogens (tertiary/aromatic N) is 4. The van der Waals surface area contributed by atoms with Crippen LogP contribution in [0.3, 0.4) is 0 Å². The zero-order chi connectivity index (χ0) is 44.0. The van der Waals surface area contributed by atoms with Gasteiger partial charge in [0, 0.05) is 58.4 Å². The number of hydrogen-bond donors (Lipinski definition) is 0. The Morgan fingerprint density at radius 3 is 1.69 bits per heavy atom.